The highest BCUT2D eigenvalue weighted by Crippen LogP contribution is 2.36. The molecule has 0 radical (unpaired) electrons. The lowest BCUT2D eigenvalue weighted by molar-refractivity contribution is -0.104. The minimum atomic E-state index is 0.0631. The number of likely N-dealkylation sites (tertiary alicyclic amines) is 1. The predicted octanol–water partition coefficient (Wildman–Crippen LogP) is 2.69. The predicted molar refractivity (Wildman–Crippen MR) is 109 cm³/mol. The fourth-order valence-electron chi connectivity index (χ4n) is 3.86. The molecular formula is C19H30BrN5O. The first-order valence-electron chi connectivity index (χ1n) is 9.18. The van der Waals surface area contributed by atoms with Crippen molar-refractivity contribution in [3.05, 3.63) is 23.3 Å². The zero-order valence-corrected chi connectivity index (χ0v) is 18.2. The third-order valence-electron chi connectivity index (χ3n) is 5.61. The third-order valence-corrected chi connectivity index (χ3v) is 6.47. The van der Waals surface area contributed by atoms with E-state index in [4.69, 9.17) is 0 Å². The largest absolute Gasteiger partial charge is 0.366 e. The van der Waals surface area contributed by atoms with Crippen molar-refractivity contribution >= 4 is 28.4 Å². The number of hydrogen-bond acceptors (Lipinski definition) is 6. The van der Waals surface area contributed by atoms with Crippen molar-refractivity contribution in [3.8, 4) is 0 Å². The smallest absolute Gasteiger partial charge is 0.155 e. The van der Waals surface area contributed by atoms with Crippen LogP contribution in [0.5, 0.6) is 0 Å². The highest BCUT2D eigenvalue weighted by molar-refractivity contribution is 9.09. The maximum atomic E-state index is 11.7. The Morgan fingerprint density at radius 3 is 2.65 bits per heavy atom. The molecule has 0 spiro atoms. The summed E-state index contributed by atoms with van der Waals surface area (Å²) < 4.78 is 0. The van der Waals surface area contributed by atoms with Gasteiger partial charge in [-0.15, -0.1) is 0 Å². The molecule has 2 atom stereocenters. The maximum absolute atomic E-state index is 11.7. The Morgan fingerprint density at radius 2 is 2.08 bits per heavy atom. The highest BCUT2D eigenvalue weighted by atomic mass is 79.9. The van der Waals surface area contributed by atoms with Crippen LogP contribution in [-0.4, -0.2) is 64.1 Å². The number of alkyl halides is 1. The zero-order chi connectivity index (χ0) is 19.3. The number of nitrogens with zero attached hydrogens (tertiary/aromatic N) is 4. The molecule has 0 aliphatic carbocycles. The van der Waals surface area contributed by atoms with Gasteiger partial charge in [0.05, 0.1) is 5.57 Å². The zero-order valence-electron chi connectivity index (χ0n) is 16.6. The fourth-order valence-corrected chi connectivity index (χ4v) is 4.27. The summed E-state index contributed by atoms with van der Waals surface area (Å²) in [6, 6.07) is 0.279. The lowest BCUT2D eigenvalue weighted by Crippen LogP contribution is -2.59. The monoisotopic (exact) mass is 423 g/mol. The van der Waals surface area contributed by atoms with Crippen LogP contribution < -0.4 is 5.32 Å². The van der Waals surface area contributed by atoms with E-state index in [1.54, 1.807) is 6.21 Å². The van der Waals surface area contributed by atoms with E-state index >= 15 is 0 Å². The van der Waals surface area contributed by atoms with E-state index in [2.05, 4.69) is 65.8 Å². The summed E-state index contributed by atoms with van der Waals surface area (Å²) in [5, 5.41) is 7.73. The topological polar surface area (TPSA) is 51.2 Å². The van der Waals surface area contributed by atoms with E-state index in [1.807, 2.05) is 23.1 Å². The number of piperidine rings is 1. The molecular weight excluding hydrogens is 394 g/mol. The van der Waals surface area contributed by atoms with Crippen molar-refractivity contribution in [2.75, 3.05) is 20.1 Å². The van der Waals surface area contributed by atoms with E-state index in [-0.39, 0.29) is 21.9 Å². The van der Waals surface area contributed by atoms with E-state index in [1.165, 1.54) is 0 Å². The van der Waals surface area contributed by atoms with Gasteiger partial charge in [0.25, 0.3) is 0 Å². The van der Waals surface area contributed by atoms with Gasteiger partial charge in [-0.3, -0.25) is 9.69 Å². The van der Waals surface area contributed by atoms with Gasteiger partial charge in [-0.05, 0) is 38.7 Å². The van der Waals surface area contributed by atoms with Gasteiger partial charge in [0.15, 0.2) is 6.29 Å². The molecule has 1 saturated heterocycles. The van der Waals surface area contributed by atoms with Crippen LogP contribution in [0.3, 0.4) is 0 Å². The Morgan fingerprint density at radius 1 is 1.38 bits per heavy atom. The number of hydrogen-bond donors (Lipinski definition) is 1. The van der Waals surface area contributed by atoms with Crippen molar-refractivity contribution in [1.29, 1.82) is 0 Å². The maximum Gasteiger partial charge on any atom is 0.155 e. The molecule has 0 amide bonds. The Balaban J connectivity index is 1.85. The van der Waals surface area contributed by atoms with Crippen LogP contribution in [0.4, 0.5) is 0 Å². The molecule has 26 heavy (non-hydrogen) atoms. The molecule has 0 aromatic rings. The van der Waals surface area contributed by atoms with Gasteiger partial charge in [0, 0.05) is 37.9 Å². The molecule has 1 N–H and O–H groups in total. The fraction of sp³-hybridized carbons (Fsp3) is 0.684. The first-order valence-corrected chi connectivity index (χ1v) is 10.1. The number of aldehydes is 1. The number of nitrogens with one attached hydrogen (secondary N) is 1. The summed E-state index contributed by atoms with van der Waals surface area (Å²) in [6.07, 6.45) is 5.61. The van der Waals surface area contributed by atoms with Crippen LogP contribution in [0, 0.1) is 5.41 Å². The number of halogens is 1. The number of carbonyl (C=O) groups is 1. The molecule has 0 aromatic heterocycles. The van der Waals surface area contributed by atoms with Gasteiger partial charge < -0.3 is 5.32 Å². The van der Waals surface area contributed by atoms with Gasteiger partial charge in [-0.1, -0.05) is 29.8 Å². The second kappa shape index (κ2) is 6.77. The van der Waals surface area contributed by atoms with Gasteiger partial charge >= 0.3 is 0 Å². The van der Waals surface area contributed by atoms with Crippen molar-refractivity contribution in [1.82, 2.24) is 20.2 Å². The Hall–Kier alpha value is -1.18. The number of rotatable bonds is 3. The van der Waals surface area contributed by atoms with Crippen LogP contribution in [0.1, 0.15) is 41.0 Å². The third kappa shape index (κ3) is 3.49. The Bertz CT molecular complexity index is 676. The van der Waals surface area contributed by atoms with E-state index in [9.17, 15) is 4.79 Å². The van der Waals surface area contributed by atoms with E-state index < -0.39 is 0 Å². The lowest BCUT2D eigenvalue weighted by Gasteiger charge is -2.50. The normalized spacial score (nSPS) is 29.7. The minimum absolute atomic E-state index is 0.0631. The molecule has 2 unspecified atom stereocenters. The summed E-state index contributed by atoms with van der Waals surface area (Å²) in [7, 11) is 1.99. The number of carbonyl (C=O) groups excluding carboxylic acids is 1. The second-order valence-corrected chi connectivity index (χ2v) is 9.97. The van der Waals surface area contributed by atoms with Gasteiger partial charge in [0.2, 0.25) is 0 Å². The summed E-state index contributed by atoms with van der Waals surface area (Å²) in [4.78, 5) is 18.7. The standard InChI is InChI=1S/C19H30BrN5O/c1-18(2,3)24-8-7-14(19(4,5)12-24)22-17-13(11-26)10-21-16-9-15(20)23(6)25(16)17/h9-11,14-15,22H,7-8,12H2,1-6H3. The molecule has 3 aliphatic heterocycles. The number of allylic oxidation sites excluding steroid dienone is 1. The van der Waals surface area contributed by atoms with Crippen LogP contribution in [-0.2, 0) is 4.79 Å². The SMILES string of the molecule is CN1C(Br)C=C2N=CC(C=O)=C(NC3CCN(C(C)(C)C)CC3(C)C)N21. The number of aliphatic imine (C=N–C) groups is 1. The van der Waals surface area contributed by atoms with E-state index in [0.29, 0.717) is 5.57 Å². The first kappa shape index (κ1) is 19.6. The summed E-state index contributed by atoms with van der Waals surface area (Å²) in [6.45, 7) is 13.5. The van der Waals surface area contributed by atoms with Crippen molar-refractivity contribution in [3.63, 3.8) is 0 Å². The minimum Gasteiger partial charge on any atom is -0.366 e. The average Bonchev–Trinajstić information content (AvgIpc) is 2.83. The molecule has 144 valence electrons. The molecule has 0 bridgehead atoms. The average molecular weight is 424 g/mol. The summed E-state index contributed by atoms with van der Waals surface area (Å²) in [5.74, 6) is 1.67. The quantitative estimate of drug-likeness (QED) is 0.429. The molecule has 0 saturated carbocycles. The Kier molecular flexibility index (Phi) is 5.09. The van der Waals surface area contributed by atoms with Gasteiger partial charge in [-0.25, -0.2) is 10.0 Å². The van der Waals surface area contributed by atoms with Crippen molar-refractivity contribution in [2.45, 2.75) is 57.6 Å². The molecule has 7 heteroatoms. The van der Waals surface area contributed by atoms with E-state index in [0.717, 1.165) is 37.4 Å². The number of fused-ring (bicyclic) bond motifs is 1. The molecule has 6 nitrogen and oxygen atoms in total. The second-order valence-electron chi connectivity index (χ2n) is 9.03. The molecule has 1 fully saturated rings. The first-order chi connectivity index (χ1) is 12.0. The molecule has 0 aromatic carbocycles. The molecule has 3 aliphatic rings. The van der Waals surface area contributed by atoms with Crippen molar-refractivity contribution in [2.24, 2.45) is 10.4 Å². The highest BCUT2D eigenvalue weighted by Gasteiger charge is 2.42. The Labute approximate surface area is 165 Å². The van der Waals surface area contributed by atoms with Gasteiger partial charge in [0.1, 0.15) is 16.6 Å². The van der Waals surface area contributed by atoms with Crippen LogP contribution in [0.2, 0.25) is 0 Å². The van der Waals surface area contributed by atoms with Gasteiger partial charge in [-0.2, -0.15) is 5.01 Å². The van der Waals surface area contributed by atoms with Crippen molar-refractivity contribution < 1.29 is 4.79 Å². The lowest BCUT2D eigenvalue weighted by atomic mass is 9.77. The van der Waals surface area contributed by atoms with Crippen LogP contribution >= 0.6 is 15.9 Å². The molecule has 3 rings (SSSR count). The number of hydrazine groups is 1. The van der Waals surface area contributed by atoms with Crippen LogP contribution in [0.15, 0.2) is 28.3 Å². The number of likely N-dealkylation sites (N-methyl/N-ethyl adjacent to an activating group) is 1. The van der Waals surface area contributed by atoms with Crippen LogP contribution in [0.25, 0.3) is 0 Å². The summed E-state index contributed by atoms with van der Waals surface area (Å²) in [5.41, 5.74) is 0.836. The molecule has 3 heterocycles. The summed E-state index contributed by atoms with van der Waals surface area (Å²) >= 11 is 3.63.